The van der Waals surface area contributed by atoms with Crippen LogP contribution in [0, 0.1) is 0 Å². The lowest BCUT2D eigenvalue weighted by Crippen LogP contribution is -2.04. The predicted molar refractivity (Wildman–Crippen MR) is 213 cm³/mol. The van der Waals surface area contributed by atoms with E-state index in [2.05, 4.69) is 140 Å². The van der Waals surface area contributed by atoms with Gasteiger partial charge in [-0.2, -0.15) is 0 Å². The molecule has 8 aromatic carbocycles. The standard InChI is InChI=1S/C48H31N3O/c1-2-11-35(12-3-1)47-49-45(50-48(51-47)41-24-22-32-10-5-7-14-37(32)28-41)30-40-15-8-16-44-46(40)42-29-39(25-26-43(42)52-44)34-19-17-33(18-20-34)38-23-21-31-9-4-6-13-36(31)27-38/h1-29H,30H2. The first-order valence-electron chi connectivity index (χ1n) is 17.6. The van der Waals surface area contributed by atoms with Gasteiger partial charge >= 0.3 is 0 Å². The summed E-state index contributed by atoms with van der Waals surface area (Å²) in [6, 6.07) is 61.6. The monoisotopic (exact) mass is 665 g/mol. The van der Waals surface area contributed by atoms with Crippen molar-refractivity contribution in [3.63, 3.8) is 0 Å². The molecule has 52 heavy (non-hydrogen) atoms. The van der Waals surface area contributed by atoms with E-state index < -0.39 is 0 Å². The van der Waals surface area contributed by atoms with Crippen molar-refractivity contribution in [1.29, 1.82) is 0 Å². The van der Waals surface area contributed by atoms with E-state index in [1.54, 1.807) is 0 Å². The summed E-state index contributed by atoms with van der Waals surface area (Å²) in [5.74, 6) is 2.03. The van der Waals surface area contributed by atoms with Gasteiger partial charge in [0.05, 0.1) is 0 Å². The summed E-state index contributed by atoms with van der Waals surface area (Å²) in [5, 5.41) is 6.99. The third-order valence-electron chi connectivity index (χ3n) is 9.95. The second-order valence-electron chi connectivity index (χ2n) is 13.2. The molecule has 0 fully saturated rings. The summed E-state index contributed by atoms with van der Waals surface area (Å²) in [7, 11) is 0. The topological polar surface area (TPSA) is 51.8 Å². The molecule has 0 aliphatic carbocycles. The lowest BCUT2D eigenvalue weighted by Gasteiger charge is -2.10. The van der Waals surface area contributed by atoms with Gasteiger partial charge in [0, 0.05) is 28.3 Å². The molecule has 10 aromatic rings. The Kier molecular flexibility index (Phi) is 7.17. The van der Waals surface area contributed by atoms with E-state index in [1.165, 1.54) is 27.3 Å². The maximum absolute atomic E-state index is 6.41. The van der Waals surface area contributed by atoms with Crippen molar-refractivity contribution in [2.75, 3.05) is 0 Å². The van der Waals surface area contributed by atoms with Crippen LogP contribution in [0.25, 0.3) is 88.5 Å². The molecule has 2 aromatic heterocycles. The third-order valence-corrected chi connectivity index (χ3v) is 9.95. The molecule has 0 bridgehead atoms. The van der Waals surface area contributed by atoms with Gasteiger partial charge in [-0.25, -0.2) is 15.0 Å². The SMILES string of the molecule is c1ccc(-c2nc(Cc3cccc4oc5ccc(-c6ccc(-c7ccc8ccccc8c7)cc6)cc5c34)nc(-c3ccc4ccccc4c3)n2)cc1. The number of benzene rings is 8. The summed E-state index contributed by atoms with van der Waals surface area (Å²) in [6.07, 6.45) is 0.527. The highest BCUT2D eigenvalue weighted by molar-refractivity contribution is 6.08. The second-order valence-corrected chi connectivity index (χ2v) is 13.2. The van der Waals surface area contributed by atoms with Crippen molar-refractivity contribution in [2.24, 2.45) is 0 Å². The number of hydrogen-bond donors (Lipinski definition) is 0. The van der Waals surface area contributed by atoms with Crippen molar-refractivity contribution in [3.05, 3.63) is 187 Å². The minimum atomic E-state index is 0.527. The number of hydrogen-bond acceptors (Lipinski definition) is 4. The van der Waals surface area contributed by atoms with Crippen molar-refractivity contribution < 1.29 is 4.42 Å². The Morgan fingerprint density at radius 2 is 0.923 bits per heavy atom. The van der Waals surface area contributed by atoms with Crippen LogP contribution >= 0.6 is 0 Å². The summed E-state index contributed by atoms with van der Waals surface area (Å²) >= 11 is 0. The maximum atomic E-state index is 6.41. The Labute approximate surface area is 300 Å². The fourth-order valence-corrected chi connectivity index (χ4v) is 7.29. The fourth-order valence-electron chi connectivity index (χ4n) is 7.29. The van der Waals surface area contributed by atoms with E-state index in [-0.39, 0.29) is 0 Å². The zero-order valence-corrected chi connectivity index (χ0v) is 28.2. The summed E-state index contributed by atoms with van der Waals surface area (Å²) < 4.78 is 6.41. The van der Waals surface area contributed by atoms with Crippen LogP contribution in [0.5, 0.6) is 0 Å². The summed E-state index contributed by atoms with van der Waals surface area (Å²) in [4.78, 5) is 15.1. The van der Waals surface area contributed by atoms with Crippen LogP contribution in [-0.4, -0.2) is 15.0 Å². The number of nitrogens with zero attached hydrogens (tertiary/aromatic N) is 3. The third kappa shape index (κ3) is 5.47. The van der Waals surface area contributed by atoms with Crippen molar-refractivity contribution in [3.8, 4) is 45.0 Å². The predicted octanol–water partition coefficient (Wildman–Crippen LogP) is 12.3. The summed E-state index contributed by atoms with van der Waals surface area (Å²) in [5.41, 5.74) is 9.43. The van der Waals surface area contributed by atoms with E-state index in [4.69, 9.17) is 19.4 Å². The first kappa shape index (κ1) is 30.0. The van der Waals surface area contributed by atoms with Crippen LogP contribution in [0.1, 0.15) is 11.4 Å². The molecule has 2 heterocycles. The highest BCUT2D eigenvalue weighted by Crippen LogP contribution is 2.36. The van der Waals surface area contributed by atoms with Crippen molar-refractivity contribution >= 4 is 43.5 Å². The van der Waals surface area contributed by atoms with E-state index in [9.17, 15) is 0 Å². The lowest BCUT2D eigenvalue weighted by molar-refractivity contribution is 0.668. The first-order chi connectivity index (χ1) is 25.7. The van der Waals surface area contributed by atoms with Gasteiger partial charge in [-0.3, -0.25) is 0 Å². The lowest BCUT2D eigenvalue weighted by atomic mass is 9.97. The van der Waals surface area contributed by atoms with Gasteiger partial charge in [-0.1, -0.05) is 146 Å². The maximum Gasteiger partial charge on any atom is 0.163 e. The Bertz CT molecular complexity index is 2930. The quantitative estimate of drug-likeness (QED) is 0.177. The molecule has 0 saturated carbocycles. The number of aromatic nitrogens is 3. The Balaban J connectivity index is 1.04. The molecule has 4 heteroatoms. The van der Waals surface area contributed by atoms with Crippen LogP contribution in [0.4, 0.5) is 0 Å². The summed E-state index contributed by atoms with van der Waals surface area (Å²) in [6.45, 7) is 0. The van der Waals surface area contributed by atoms with Crippen molar-refractivity contribution in [2.45, 2.75) is 6.42 Å². The van der Waals surface area contributed by atoms with Crippen LogP contribution in [0.3, 0.4) is 0 Å². The molecular weight excluding hydrogens is 635 g/mol. The van der Waals surface area contributed by atoms with Gasteiger partial charge in [0.15, 0.2) is 11.6 Å². The number of furan rings is 1. The zero-order valence-electron chi connectivity index (χ0n) is 28.2. The molecule has 0 unspecified atom stereocenters. The van der Waals surface area contributed by atoms with E-state index in [1.807, 2.05) is 36.4 Å². The molecule has 0 aliphatic heterocycles. The zero-order chi connectivity index (χ0) is 34.4. The molecule has 0 atom stereocenters. The Morgan fingerprint density at radius 1 is 0.365 bits per heavy atom. The molecule has 244 valence electrons. The molecule has 4 nitrogen and oxygen atoms in total. The Morgan fingerprint density at radius 3 is 1.63 bits per heavy atom. The average Bonchev–Trinajstić information content (AvgIpc) is 3.60. The number of rotatable bonds is 6. The van der Waals surface area contributed by atoms with Crippen LogP contribution < -0.4 is 0 Å². The van der Waals surface area contributed by atoms with E-state index in [0.29, 0.717) is 23.9 Å². The molecule has 0 spiro atoms. The van der Waals surface area contributed by atoms with Crippen LogP contribution in [-0.2, 0) is 6.42 Å². The molecule has 10 rings (SSSR count). The smallest absolute Gasteiger partial charge is 0.163 e. The van der Waals surface area contributed by atoms with Gasteiger partial charge in [0.2, 0.25) is 0 Å². The molecule has 0 saturated heterocycles. The second kappa shape index (κ2) is 12.4. The molecule has 0 aliphatic rings. The highest BCUT2D eigenvalue weighted by Gasteiger charge is 2.16. The van der Waals surface area contributed by atoms with E-state index in [0.717, 1.165) is 55.1 Å². The molecular formula is C48H31N3O. The largest absolute Gasteiger partial charge is 0.456 e. The molecule has 0 amide bonds. The normalized spacial score (nSPS) is 11.5. The van der Waals surface area contributed by atoms with Gasteiger partial charge < -0.3 is 4.42 Å². The van der Waals surface area contributed by atoms with Crippen LogP contribution in [0.2, 0.25) is 0 Å². The first-order valence-corrected chi connectivity index (χ1v) is 17.6. The van der Waals surface area contributed by atoms with Gasteiger partial charge in [-0.15, -0.1) is 0 Å². The fraction of sp³-hybridized carbons (Fsp3) is 0.0208. The van der Waals surface area contributed by atoms with Crippen molar-refractivity contribution in [1.82, 2.24) is 15.0 Å². The highest BCUT2D eigenvalue weighted by atomic mass is 16.3. The number of fused-ring (bicyclic) bond motifs is 5. The minimum Gasteiger partial charge on any atom is -0.456 e. The average molecular weight is 666 g/mol. The van der Waals surface area contributed by atoms with Crippen LogP contribution in [0.15, 0.2) is 180 Å². The van der Waals surface area contributed by atoms with E-state index >= 15 is 0 Å². The molecule has 0 N–H and O–H groups in total. The van der Waals surface area contributed by atoms with Gasteiger partial charge in [0.1, 0.15) is 17.0 Å². The van der Waals surface area contributed by atoms with Gasteiger partial charge in [0.25, 0.3) is 0 Å². The molecule has 0 radical (unpaired) electrons. The Hall–Kier alpha value is -6.91. The minimum absolute atomic E-state index is 0.527. The van der Waals surface area contributed by atoms with Gasteiger partial charge in [-0.05, 0) is 79.7 Å².